The molecule has 0 aliphatic carbocycles. The summed E-state index contributed by atoms with van der Waals surface area (Å²) in [6.45, 7) is 5.23. The molecule has 0 aromatic carbocycles. The van der Waals surface area contributed by atoms with Gasteiger partial charge in [0.25, 0.3) is 5.91 Å². The van der Waals surface area contributed by atoms with Crippen LogP contribution in [0.2, 0.25) is 0 Å². The van der Waals surface area contributed by atoms with E-state index in [4.69, 9.17) is 14.6 Å². The second-order valence-corrected chi connectivity index (χ2v) is 8.70. The number of carbonyl (C=O) groups is 3. The molecule has 4 heterocycles. The van der Waals surface area contributed by atoms with Crippen LogP contribution >= 0.6 is 0 Å². The van der Waals surface area contributed by atoms with Gasteiger partial charge in [0.2, 0.25) is 5.91 Å². The number of halogens is 3. The highest BCUT2D eigenvalue weighted by molar-refractivity contribution is 5.87. The van der Waals surface area contributed by atoms with Gasteiger partial charge in [-0.15, -0.1) is 0 Å². The van der Waals surface area contributed by atoms with E-state index in [1.807, 2.05) is 34.9 Å². The summed E-state index contributed by atoms with van der Waals surface area (Å²) in [6, 6.07) is 5.92. The molecule has 2 amide bonds. The number of aliphatic carboxylic acids is 1. The van der Waals surface area contributed by atoms with Crippen LogP contribution in [-0.2, 0) is 25.7 Å². The summed E-state index contributed by atoms with van der Waals surface area (Å²) >= 11 is 0. The molecule has 11 heteroatoms. The lowest BCUT2D eigenvalue weighted by molar-refractivity contribution is -0.192. The third kappa shape index (κ3) is 6.01. The number of aryl methyl sites for hydroxylation is 1. The summed E-state index contributed by atoms with van der Waals surface area (Å²) in [5.41, 5.74) is 1.49. The average molecular weight is 471 g/mol. The van der Waals surface area contributed by atoms with E-state index in [0.717, 1.165) is 56.6 Å². The Morgan fingerprint density at radius 2 is 1.97 bits per heavy atom. The molecule has 3 aliphatic heterocycles. The number of piperidine rings is 1. The Balaban J connectivity index is 0.000000383. The Hall–Kier alpha value is -2.69. The molecule has 2 atom stereocenters. The molecule has 3 fully saturated rings. The number of carboxylic acids is 1. The summed E-state index contributed by atoms with van der Waals surface area (Å²) in [5, 5.41) is 7.12. The molecule has 0 bridgehead atoms. The number of amides is 2. The number of aromatic nitrogens is 1. The summed E-state index contributed by atoms with van der Waals surface area (Å²) in [4.78, 5) is 43.1. The van der Waals surface area contributed by atoms with Crippen molar-refractivity contribution in [2.24, 2.45) is 5.41 Å². The highest BCUT2D eigenvalue weighted by Gasteiger charge is 2.50. The Kier molecular flexibility index (Phi) is 7.61. The van der Waals surface area contributed by atoms with E-state index in [-0.39, 0.29) is 17.9 Å². The zero-order valence-electron chi connectivity index (χ0n) is 18.4. The minimum atomic E-state index is -5.08. The number of hydrogen-bond donors (Lipinski definition) is 1. The number of carbonyl (C=O) groups excluding carboxylic acids is 2. The number of ether oxygens (including phenoxy) is 1. The molecular weight excluding hydrogens is 443 g/mol. The lowest BCUT2D eigenvalue weighted by Crippen LogP contribution is -2.52. The second kappa shape index (κ2) is 10.1. The van der Waals surface area contributed by atoms with Gasteiger partial charge in [-0.1, -0.05) is 6.07 Å². The van der Waals surface area contributed by atoms with Crippen molar-refractivity contribution in [3.63, 3.8) is 0 Å². The lowest BCUT2D eigenvalue weighted by Gasteiger charge is -2.39. The third-order valence-corrected chi connectivity index (χ3v) is 6.24. The lowest BCUT2D eigenvalue weighted by atomic mass is 9.78. The van der Waals surface area contributed by atoms with Crippen LogP contribution in [0, 0.1) is 12.3 Å². The van der Waals surface area contributed by atoms with E-state index < -0.39 is 17.6 Å². The number of carboxylic acid groups (broad SMARTS) is 1. The van der Waals surface area contributed by atoms with Crippen molar-refractivity contribution in [3.8, 4) is 0 Å². The van der Waals surface area contributed by atoms with E-state index in [0.29, 0.717) is 19.7 Å². The fourth-order valence-corrected chi connectivity index (χ4v) is 4.60. The van der Waals surface area contributed by atoms with Gasteiger partial charge in [-0.3, -0.25) is 14.6 Å². The van der Waals surface area contributed by atoms with E-state index in [1.54, 1.807) is 0 Å². The number of rotatable bonds is 3. The first-order valence-corrected chi connectivity index (χ1v) is 10.9. The third-order valence-electron chi connectivity index (χ3n) is 6.24. The van der Waals surface area contributed by atoms with Crippen LogP contribution in [0.1, 0.15) is 43.5 Å². The van der Waals surface area contributed by atoms with E-state index in [1.165, 1.54) is 0 Å². The molecule has 1 aromatic rings. The summed E-state index contributed by atoms with van der Waals surface area (Å²) in [6.07, 6.45) is -1.03. The van der Waals surface area contributed by atoms with Crippen molar-refractivity contribution in [3.05, 3.63) is 29.6 Å². The highest BCUT2D eigenvalue weighted by atomic mass is 19.4. The Morgan fingerprint density at radius 3 is 2.58 bits per heavy atom. The van der Waals surface area contributed by atoms with Crippen molar-refractivity contribution in [2.45, 2.75) is 57.9 Å². The Bertz CT molecular complexity index is 888. The predicted octanol–water partition coefficient (Wildman–Crippen LogP) is 2.54. The maximum absolute atomic E-state index is 13.2. The number of nitrogens with zero attached hydrogens (tertiary/aromatic N) is 3. The van der Waals surface area contributed by atoms with Crippen LogP contribution in [0.4, 0.5) is 13.2 Å². The molecule has 8 nitrogen and oxygen atoms in total. The second-order valence-electron chi connectivity index (χ2n) is 8.70. The predicted molar refractivity (Wildman–Crippen MR) is 110 cm³/mol. The van der Waals surface area contributed by atoms with E-state index >= 15 is 0 Å². The van der Waals surface area contributed by atoms with Gasteiger partial charge in [0, 0.05) is 31.9 Å². The molecule has 3 saturated heterocycles. The molecule has 1 spiro atoms. The maximum Gasteiger partial charge on any atom is 0.490 e. The van der Waals surface area contributed by atoms with Crippen LogP contribution in [0.5, 0.6) is 0 Å². The van der Waals surface area contributed by atoms with E-state index in [2.05, 4.69) is 4.98 Å². The number of alkyl halides is 3. The van der Waals surface area contributed by atoms with Gasteiger partial charge in [-0.05, 0) is 51.2 Å². The minimum absolute atomic E-state index is 0.0770. The summed E-state index contributed by atoms with van der Waals surface area (Å²) in [7, 11) is 0. The van der Waals surface area contributed by atoms with Crippen LogP contribution in [0.25, 0.3) is 0 Å². The Labute approximate surface area is 189 Å². The highest BCUT2D eigenvalue weighted by Crippen LogP contribution is 2.41. The van der Waals surface area contributed by atoms with Gasteiger partial charge >= 0.3 is 12.1 Å². The van der Waals surface area contributed by atoms with Crippen molar-refractivity contribution in [2.75, 3.05) is 26.2 Å². The van der Waals surface area contributed by atoms with Gasteiger partial charge in [0.05, 0.1) is 17.7 Å². The first-order valence-electron chi connectivity index (χ1n) is 10.9. The molecule has 2 unspecified atom stereocenters. The molecule has 0 radical (unpaired) electrons. The fourth-order valence-electron chi connectivity index (χ4n) is 4.60. The maximum atomic E-state index is 13.2. The van der Waals surface area contributed by atoms with Crippen LogP contribution in [0.3, 0.4) is 0 Å². The minimum Gasteiger partial charge on any atom is -0.475 e. The van der Waals surface area contributed by atoms with Crippen molar-refractivity contribution < 1.29 is 37.4 Å². The summed E-state index contributed by atoms with van der Waals surface area (Å²) < 4.78 is 37.3. The first kappa shape index (κ1) is 24.9. The van der Waals surface area contributed by atoms with Gasteiger partial charge in [0.15, 0.2) is 0 Å². The van der Waals surface area contributed by atoms with Crippen LogP contribution in [0.15, 0.2) is 18.2 Å². The van der Waals surface area contributed by atoms with Crippen molar-refractivity contribution in [1.82, 2.24) is 14.8 Å². The first-order chi connectivity index (χ1) is 15.5. The normalized spacial score (nSPS) is 25.2. The quantitative estimate of drug-likeness (QED) is 0.727. The topological polar surface area (TPSA) is 100 Å². The largest absolute Gasteiger partial charge is 0.490 e. The van der Waals surface area contributed by atoms with Crippen molar-refractivity contribution in [1.29, 1.82) is 0 Å². The molecule has 3 aliphatic rings. The molecule has 4 rings (SSSR count). The zero-order chi connectivity index (χ0) is 24.2. The Morgan fingerprint density at radius 1 is 1.24 bits per heavy atom. The SMILES string of the molecule is Cc1cccc(CN2CCC3(CCCN(C(=O)C4CCCO4)C3)C2=O)n1.O=C(O)C(F)(F)F. The fraction of sp³-hybridized carbons (Fsp3) is 0.636. The molecular formula is C22H28F3N3O5. The molecule has 0 saturated carbocycles. The van der Waals surface area contributed by atoms with E-state index in [9.17, 15) is 22.8 Å². The molecule has 1 aromatic heterocycles. The van der Waals surface area contributed by atoms with Crippen LogP contribution < -0.4 is 0 Å². The number of likely N-dealkylation sites (tertiary alicyclic amines) is 2. The monoisotopic (exact) mass is 471 g/mol. The van der Waals surface area contributed by atoms with Gasteiger partial charge in [-0.2, -0.15) is 13.2 Å². The average Bonchev–Trinajstić information content (AvgIpc) is 3.39. The zero-order valence-corrected chi connectivity index (χ0v) is 18.4. The van der Waals surface area contributed by atoms with Gasteiger partial charge < -0.3 is 19.6 Å². The van der Waals surface area contributed by atoms with Crippen LogP contribution in [-0.4, -0.2) is 76.2 Å². The molecule has 33 heavy (non-hydrogen) atoms. The van der Waals surface area contributed by atoms with Gasteiger partial charge in [-0.25, -0.2) is 4.79 Å². The molecule has 1 N–H and O–H groups in total. The number of hydrogen-bond acceptors (Lipinski definition) is 5. The van der Waals surface area contributed by atoms with Gasteiger partial charge in [0.1, 0.15) is 6.10 Å². The molecule has 182 valence electrons. The smallest absolute Gasteiger partial charge is 0.475 e. The van der Waals surface area contributed by atoms with Crippen molar-refractivity contribution >= 4 is 17.8 Å². The standard InChI is InChI=1S/C20H27N3O3.C2HF3O2/c1-15-5-2-6-16(21-15)13-22-11-9-20(19(22)25)8-4-10-23(14-20)18(24)17-7-3-12-26-17;3-2(4,5)1(6)7/h2,5-6,17H,3-4,7-14H2,1H3;(H,6,7). The number of pyridine rings is 1. The summed E-state index contributed by atoms with van der Waals surface area (Å²) in [5.74, 6) is -2.49.